The summed E-state index contributed by atoms with van der Waals surface area (Å²) in [6.45, 7) is 2.01. The maximum Gasteiger partial charge on any atom is 0.408 e. The highest BCUT2D eigenvalue weighted by Crippen LogP contribution is 2.28. The quantitative estimate of drug-likeness (QED) is 0.497. The lowest BCUT2D eigenvalue weighted by molar-refractivity contribution is 0.151. The molecule has 0 saturated carbocycles. The summed E-state index contributed by atoms with van der Waals surface area (Å²) in [4.78, 5) is 11.5. The second-order valence-corrected chi connectivity index (χ2v) is 6.01. The van der Waals surface area contributed by atoms with E-state index in [4.69, 9.17) is 39.5 Å². The van der Waals surface area contributed by atoms with Crippen LogP contribution in [0.25, 0.3) is 0 Å². The van der Waals surface area contributed by atoms with E-state index < -0.39 is 16.3 Å². The van der Waals surface area contributed by atoms with Crippen molar-refractivity contribution in [2.24, 2.45) is 0 Å². The first-order chi connectivity index (χ1) is 8.52. The molecule has 1 N–H and O–H groups in total. The third-order valence-corrected chi connectivity index (χ3v) is 4.08. The van der Waals surface area contributed by atoms with Crippen LogP contribution in [-0.4, -0.2) is 22.9 Å². The highest BCUT2D eigenvalue weighted by atomic mass is 35.5. The van der Waals surface area contributed by atoms with E-state index in [1.807, 2.05) is 12.1 Å². The highest BCUT2D eigenvalue weighted by Gasteiger charge is 2.21. The standard InChI is InChI=1S/C11H12Cl3NO2S/c1-2-17-11(16)15-10(9(13)14)18-8-5-3-7(12)4-6-8/h3-6,9-10H,2H2,1H3,(H,15,16)/t10-/m0/s1. The normalized spacial score (nSPS) is 12.3. The van der Waals surface area contributed by atoms with Gasteiger partial charge in [0.2, 0.25) is 0 Å². The number of alkyl halides is 2. The number of alkyl carbamates (subject to hydrolysis) is 1. The minimum Gasteiger partial charge on any atom is -0.450 e. The molecule has 0 spiro atoms. The summed E-state index contributed by atoms with van der Waals surface area (Å²) in [5.41, 5.74) is 0. The topological polar surface area (TPSA) is 38.3 Å². The lowest BCUT2D eigenvalue weighted by atomic mass is 10.4. The zero-order valence-electron chi connectivity index (χ0n) is 9.53. The lowest BCUT2D eigenvalue weighted by Gasteiger charge is -2.18. The molecule has 7 heteroatoms. The van der Waals surface area contributed by atoms with E-state index in [2.05, 4.69) is 5.32 Å². The Morgan fingerprint density at radius 3 is 2.50 bits per heavy atom. The zero-order valence-corrected chi connectivity index (χ0v) is 12.6. The number of carbonyl (C=O) groups is 1. The fourth-order valence-corrected chi connectivity index (χ4v) is 2.50. The number of carbonyl (C=O) groups excluding carboxylic acids is 1. The van der Waals surface area contributed by atoms with Crippen LogP contribution in [0.3, 0.4) is 0 Å². The van der Waals surface area contributed by atoms with Crippen molar-refractivity contribution in [3.8, 4) is 0 Å². The van der Waals surface area contributed by atoms with Gasteiger partial charge in [-0.3, -0.25) is 0 Å². The fourth-order valence-electron chi connectivity index (χ4n) is 1.09. The van der Waals surface area contributed by atoms with Crippen LogP contribution in [0.4, 0.5) is 4.79 Å². The minimum atomic E-state index is -0.755. The van der Waals surface area contributed by atoms with Crippen LogP contribution in [0.15, 0.2) is 29.2 Å². The van der Waals surface area contributed by atoms with Crippen LogP contribution < -0.4 is 5.32 Å². The van der Waals surface area contributed by atoms with Gasteiger partial charge in [-0.1, -0.05) is 23.4 Å². The van der Waals surface area contributed by atoms with Crippen molar-refractivity contribution >= 4 is 52.7 Å². The van der Waals surface area contributed by atoms with Gasteiger partial charge < -0.3 is 10.1 Å². The van der Waals surface area contributed by atoms with Crippen LogP contribution in [-0.2, 0) is 4.74 Å². The number of rotatable bonds is 5. The van der Waals surface area contributed by atoms with E-state index in [9.17, 15) is 4.79 Å². The SMILES string of the molecule is CCOC(=O)N[C@@H](Sc1ccc(Cl)cc1)C(Cl)Cl. The molecule has 0 aromatic heterocycles. The molecular formula is C11H12Cl3NO2S. The number of nitrogens with one attached hydrogen (secondary N) is 1. The summed E-state index contributed by atoms with van der Waals surface area (Å²) in [6, 6.07) is 7.15. The van der Waals surface area contributed by atoms with E-state index >= 15 is 0 Å². The maximum atomic E-state index is 11.3. The van der Waals surface area contributed by atoms with Gasteiger partial charge >= 0.3 is 6.09 Å². The van der Waals surface area contributed by atoms with Gasteiger partial charge in [0.1, 0.15) is 10.2 Å². The Kier molecular flexibility index (Phi) is 7.00. The van der Waals surface area contributed by atoms with Gasteiger partial charge in [0.05, 0.1) is 6.61 Å². The molecule has 0 fully saturated rings. The van der Waals surface area contributed by atoms with Gasteiger partial charge in [-0.2, -0.15) is 0 Å². The second-order valence-electron chi connectivity index (χ2n) is 3.19. The Balaban J connectivity index is 2.62. The first-order valence-electron chi connectivity index (χ1n) is 5.16. The molecule has 1 aromatic carbocycles. The van der Waals surface area contributed by atoms with Crippen molar-refractivity contribution < 1.29 is 9.53 Å². The van der Waals surface area contributed by atoms with Crippen LogP contribution in [0.5, 0.6) is 0 Å². The predicted octanol–water partition coefficient (Wildman–Crippen LogP) is 4.31. The van der Waals surface area contributed by atoms with E-state index in [0.717, 1.165) is 4.90 Å². The number of hydrogen-bond acceptors (Lipinski definition) is 3. The average Bonchev–Trinajstić information content (AvgIpc) is 2.31. The maximum absolute atomic E-state index is 11.3. The minimum absolute atomic E-state index is 0.291. The predicted molar refractivity (Wildman–Crippen MR) is 76.7 cm³/mol. The van der Waals surface area contributed by atoms with E-state index in [0.29, 0.717) is 11.6 Å². The number of halogens is 3. The van der Waals surface area contributed by atoms with Crippen molar-refractivity contribution in [2.75, 3.05) is 6.61 Å². The van der Waals surface area contributed by atoms with Gasteiger partial charge in [0, 0.05) is 9.92 Å². The van der Waals surface area contributed by atoms with E-state index in [1.54, 1.807) is 19.1 Å². The van der Waals surface area contributed by atoms with Crippen LogP contribution in [0, 0.1) is 0 Å². The molecule has 1 atom stereocenters. The molecule has 0 unspecified atom stereocenters. The Hall–Kier alpha value is -0.290. The number of benzene rings is 1. The number of hydrogen-bond donors (Lipinski definition) is 1. The smallest absolute Gasteiger partial charge is 0.408 e. The van der Waals surface area contributed by atoms with Crippen molar-refractivity contribution in [3.05, 3.63) is 29.3 Å². The summed E-state index contributed by atoms with van der Waals surface area (Å²) in [6.07, 6.45) is -0.546. The largest absolute Gasteiger partial charge is 0.450 e. The molecule has 0 aliphatic carbocycles. The van der Waals surface area contributed by atoms with Crippen molar-refractivity contribution in [1.82, 2.24) is 5.32 Å². The molecule has 1 aromatic rings. The fraction of sp³-hybridized carbons (Fsp3) is 0.364. The summed E-state index contributed by atoms with van der Waals surface area (Å²) < 4.78 is 4.78. The molecule has 0 saturated heterocycles. The lowest BCUT2D eigenvalue weighted by Crippen LogP contribution is -2.37. The third-order valence-electron chi connectivity index (χ3n) is 1.84. The number of amides is 1. The molecule has 1 amide bonds. The Bertz CT molecular complexity index is 386. The Morgan fingerprint density at radius 1 is 1.39 bits per heavy atom. The second kappa shape index (κ2) is 8.00. The molecule has 0 heterocycles. The van der Waals surface area contributed by atoms with Crippen LogP contribution >= 0.6 is 46.6 Å². The molecule has 18 heavy (non-hydrogen) atoms. The Morgan fingerprint density at radius 2 is 2.00 bits per heavy atom. The summed E-state index contributed by atoms with van der Waals surface area (Å²) in [7, 11) is 0. The van der Waals surface area contributed by atoms with Gasteiger partial charge in [-0.15, -0.1) is 23.2 Å². The van der Waals surface area contributed by atoms with Crippen LogP contribution in [0.1, 0.15) is 6.92 Å². The van der Waals surface area contributed by atoms with Gasteiger partial charge in [0.15, 0.2) is 0 Å². The van der Waals surface area contributed by atoms with Crippen molar-refractivity contribution in [3.63, 3.8) is 0 Å². The van der Waals surface area contributed by atoms with E-state index in [1.165, 1.54) is 11.8 Å². The summed E-state index contributed by atoms with van der Waals surface area (Å²) >= 11 is 18.7. The average molecular weight is 329 g/mol. The highest BCUT2D eigenvalue weighted by molar-refractivity contribution is 8.00. The van der Waals surface area contributed by atoms with Crippen molar-refractivity contribution in [1.29, 1.82) is 0 Å². The molecule has 0 bridgehead atoms. The summed E-state index contributed by atoms with van der Waals surface area (Å²) in [5, 5.41) is 2.73. The molecular weight excluding hydrogens is 317 g/mol. The zero-order chi connectivity index (χ0) is 13.5. The monoisotopic (exact) mass is 327 g/mol. The van der Waals surface area contributed by atoms with E-state index in [-0.39, 0.29) is 0 Å². The molecule has 0 aliphatic rings. The summed E-state index contributed by atoms with van der Waals surface area (Å²) in [5.74, 6) is 0. The number of thioether (sulfide) groups is 1. The number of ether oxygens (including phenoxy) is 1. The first kappa shape index (κ1) is 15.8. The molecule has 0 radical (unpaired) electrons. The van der Waals surface area contributed by atoms with Crippen molar-refractivity contribution in [2.45, 2.75) is 22.0 Å². The first-order valence-corrected chi connectivity index (χ1v) is 7.29. The van der Waals surface area contributed by atoms with Gasteiger partial charge in [-0.05, 0) is 31.2 Å². The molecule has 1 rings (SSSR count). The van der Waals surface area contributed by atoms with Gasteiger partial charge in [0.25, 0.3) is 0 Å². The van der Waals surface area contributed by atoms with Crippen LogP contribution in [0.2, 0.25) is 5.02 Å². The Labute approximate surface area is 125 Å². The molecule has 100 valence electrons. The molecule has 0 aliphatic heterocycles. The third kappa shape index (κ3) is 5.57. The van der Waals surface area contributed by atoms with Gasteiger partial charge in [-0.25, -0.2) is 4.79 Å². The molecule has 3 nitrogen and oxygen atoms in total.